The van der Waals surface area contributed by atoms with Crippen LogP contribution in [0.3, 0.4) is 0 Å². The number of carbonyl (C=O) groups excluding carboxylic acids is 1. The number of nitrogens with one attached hydrogen (secondary N) is 1. The summed E-state index contributed by atoms with van der Waals surface area (Å²) in [4.78, 5) is 23.3. The fourth-order valence-corrected chi connectivity index (χ4v) is 2.40. The zero-order valence-electron chi connectivity index (χ0n) is 10.6. The molecule has 1 atom stereocenters. The molecule has 1 unspecified atom stereocenters. The Hall–Kier alpha value is -2.28. The van der Waals surface area contributed by atoms with Gasteiger partial charge in [0.15, 0.2) is 0 Å². The van der Waals surface area contributed by atoms with Crippen LogP contribution in [0.1, 0.15) is 11.1 Å². The minimum absolute atomic E-state index is 0.0384. The average Bonchev–Trinajstić information content (AvgIpc) is 2.77. The molecule has 104 valence electrons. The molecule has 1 aliphatic carbocycles. The van der Waals surface area contributed by atoms with Gasteiger partial charge in [0.2, 0.25) is 5.54 Å². The zero-order valence-corrected chi connectivity index (χ0v) is 11.3. The van der Waals surface area contributed by atoms with Gasteiger partial charge in [0.25, 0.3) is 0 Å². The Morgan fingerprint density at radius 3 is 2.90 bits per heavy atom. The SMILES string of the molecule is C=NN/N=C1\c2ccc(Cl)cc2CC1(N=O)C(=O)OC. The summed E-state index contributed by atoms with van der Waals surface area (Å²) in [5, 5.41) is 10.7. The summed E-state index contributed by atoms with van der Waals surface area (Å²) < 4.78 is 4.68. The highest BCUT2D eigenvalue weighted by atomic mass is 35.5. The van der Waals surface area contributed by atoms with E-state index in [9.17, 15) is 9.70 Å². The van der Waals surface area contributed by atoms with Gasteiger partial charge in [0, 0.05) is 23.7 Å². The number of nitrogens with zero attached hydrogens (tertiary/aromatic N) is 3. The molecule has 1 aromatic rings. The fourth-order valence-electron chi connectivity index (χ4n) is 2.21. The second-order valence-corrected chi connectivity index (χ2v) is 4.58. The molecule has 0 saturated heterocycles. The number of rotatable bonds is 4. The number of methoxy groups -OCH3 is 1. The van der Waals surface area contributed by atoms with E-state index in [0.717, 1.165) is 0 Å². The molecule has 0 spiro atoms. The smallest absolute Gasteiger partial charge is 0.344 e. The van der Waals surface area contributed by atoms with Crippen LogP contribution < -0.4 is 5.53 Å². The lowest BCUT2D eigenvalue weighted by atomic mass is 9.95. The summed E-state index contributed by atoms with van der Waals surface area (Å²) in [6.07, 6.45) is 0.0384. The van der Waals surface area contributed by atoms with E-state index < -0.39 is 11.5 Å². The summed E-state index contributed by atoms with van der Waals surface area (Å²) in [5.74, 6) is -0.788. The predicted molar refractivity (Wildman–Crippen MR) is 74.9 cm³/mol. The molecule has 1 aromatic carbocycles. The van der Waals surface area contributed by atoms with Crippen LogP contribution in [-0.2, 0) is 16.0 Å². The average molecular weight is 295 g/mol. The van der Waals surface area contributed by atoms with Crippen molar-refractivity contribution in [3.05, 3.63) is 39.3 Å². The van der Waals surface area contributed by atoms with Gasteiger partial charge in [0.05, 0.1) is 7.11 Å². The highest BCUT2D eigenvalue weighted by Gasteiger charge is 2.53. The van der Waals surface area contributed by atoms with E-state index in [-0.39, 0.29) is 12.1 Å². The maximum atomic E-state index is 12.0. The molecule has 2 rings (SSSR count). The second kappa shape index (κ2) is 5.38. The summed E-state index contributed by atoms with van der Waals surface area (Å²) >= 11 is 5.92. The van der Waals surface area contributed by atoms with Gasteiger partial charge >= 0.3 is 5.97 Å². The molecule has 0 heterocycles. The Kier molecular flexibility index (Phi) is 3.80. The number of nitroso groups, excluding NO2 is 1. The molecular weight excluding hydrogens is 284 g/mol. The first-order valence-electron chi connectivity index (χ1n) is 5.59. The Morgan fingerprint density at radius 1 is 1.55 bits per heavy atom. The molecule has 0 fully saturated rings. The van der Waals surface area contributed by atoms with Crippen LogP contribution in [0.2, 0.25) is 5.02 Å². The second-order valence-electron chi connectivity index (χ2n) is 4.14. The van der Waals surface area contributed by atoms with Gasteiger partial charge in [0.1, 0.15) is 5.71 Å². The van der Waals surface area contributed by atoms with Crippen LogP contribution in [0, 0.1) is 4.91 Å². The minimum atomic E-state index is -1.74. The van der Waals surface area contributed by atoms with E-state index in [1.54, 1.807) is 18.2 Å². The van der Waals surface area contributed by atoms with Gasteiger partial charge in [-0.2, -0.15) is 15.7 Å². The lowest BCUT2D eigenvalue weighted by Gasteiger charge is -2.17. The maximum Gasteiger partial charge on any atom is 0.344 e. The van der Waals surface area contributed by atoms with E-state index in [2.05, 4.69) is 32.4 Å². The number of hydrazone groups is 2. The van der Waals surface area contributed by atoms with Crippen molar-refractivity contribution in [3.8, 4) is 0 Å². The summed E-state index contributed by atoms with van der Waals surface area (Å²) in [5.41, 5.74) is 1.96. The Bertz CT molecular complexity index is 617. The minimum Gasteiger partial charge on any atom is -0.467 e. The zero-order chi connectivity index (χ0) is 14.8. The van der Waals surface area contributed by atoms with Gasteiger partial charge < -0.3 is 4.74 Å². The predicted octanol–water partition coefficient (Wildman–Crippen LogP) is 1.48. The van der Waals surface area contributed by atoms with E-state index in [4.69, 9.17) is 11.6 Å². The number of carbonyl (C=O) groups is 1. The molecule has 7 nitrogen and oxygen atoms in total. The number of fused-ring (bicyclic) bond motifs is 1. The molecule has 0 aliphatic heterocycles. The summed E-state index contributed by atoms with van der Waals surface area (Å²) in [6.45, 7) is 3.22. The number of ether oxygens (including phenoxy) is 1. The molecule has 0 bridgehead atoms. The van der Waals surface area contributed by atoms with Crippen molar-refractivity contribution in [1.82, 2.24) is 5.53 Å². The van der Waals surface area contributed by atoms with E-state index in [1.807, 2.05) is 0 Å². The molecule has 0 saturated carbocycles. The van der Waals surface area contributed by atoms with Gasteiger partial charge in [-0.3, -0.25) is 0 Å². The lowest BCUT2D eigenvalue weighted by Crippen LogP contribution is -2.44. The highest BCUT2D eigenvalue weighted by Crippen LogP contribution is 2.36. The molecule has 20 heavy (non-hydrogen) atoms. The van der Waals surface area contributed by atoms with Crippen molar-refractivity contribution in [2.45, 2.75) is 12.0 Å². The van der Waals surface area contributed by atoms with Gasteiger partial charge in [-0.05, 0) is 22.9 Å². The molecule has 8 heteroatoms. The first-order valence-corrected chi connectivity index (χ1v) is 5.97. The van der Waals surface area contributed by atoms with Gasteiger partial charge in [-0.15, -0.1) is 4.91 Å². The van der Waals surface area contributed by atoms with Crippen molar-refractivity contribution in [2.75, 3.05) is 7.11 Å². The third-order valence-corrected chi connectivity index (χ3v) is 3.31. The normalized spacial score (nSPS) is 22.2. The monoisotopic (exact) mass is 294 g/mol. The van der Waals surface area contributed by atoms with Crippen LogP contribution in [-0.4, -0.2) is 31.0 Å². The third kappa shape index (κ3) is 2.05. The van der Waals surface area contributed by atoms with Crippen LogP contribution in [0.15, 0.2) is 33.6 Å². The van der Waals surface area contributed by atoms with Crippen LogP contribution in [0.25, 0.3) is 0 Å². The van der Waals surface area contributed by atoms with Crippen molar-refractivity contribution in [2.24, 2.45) is 15.4 Å². The van der Waals surface area contributed by atoms with E-state index >= 15 is 0 Å². The third-order valence-electron chi connectivity index (χ3n) is 3.07. The standard InChI is InChI=1S/C12H11ClN4O3/c1-14-17-15-10-9-4-3-8(13)5-7(9)6-12(10,16-19)11(18)20-2/h3-5,17H,1,6H2,2H3/b15-10+. The fraction of sp³-hybridized carbons (Fsp3) is 0.250. The van der Waals surface area contributed by atoms with Crippen LogP contribution in [0.5, 0.6) is 0 Å². The Morgan fingerprint density at radius 2 is 2.30 bits per heavy atom. The number of esters is 1. The molecule has 0 aromatic heterocycles. The Labute approximate surface area is 119 Å². The van der Waals surface area contributed by atoms with Crippen LogP contribution >= 0.6 is 11.6 Å². The van der Waals surface area contributed by atoms with Crippen molar-refractivity contribution in [3.63, 3.8) is 0 Å². The lowest BCUT2D eigenvalue weighted by molar-refractivity contribution is -0.144. The van der Waals surface area contributed by atoms with E-state index in [0.29, 0.717) is 16.1 Å². The highest BCUT2D eigenvalue weighted by molar-refractivity contribution is 6.31. The van der Waals surface area contributed by atoms with Gasteiger partial charge in [-0.1, -0.05) is 17.7 Å². The number of benzene rings is 1. The molecule has 0 amide bonds. The first-order chi connectivity index (χ1) is 9.58. The van der Waals surface area contributed by atoms with Crippen LogP contribution in [0.4, 0.5) is 0 Å². The number of halogens is 1. The number of hydrogen-bond donors (Lipinski definition) is 1. The largest absolute Gasteiger partial charge is 0.467 e. The van der Waals surface area contributed by atoms with E-state index in [1.165, 1.54) is 7.11 Å². The molecular formula is C12H11ClN4O3. The van der Waals surface area contributed by atoms with Crippen molar-refractivity contribution < 1.29 is 9.53 Å². The maximum absolute atomic E-state index is 12.0. The number of hydrogen-bond acceptors (Lipinski definition) is 7. The summed E-state index contributed by atoms with van der Waals surface area (Å²) in [6, 6.07) is 4.95. The molecule has 0 radical (unpaired) electrons. The summed E-state index contributed by atoms with van der Waals surface area (Å²) in [7, 11) is 1.18. The molecule has 1 aliphatic rings. The van der Waals surface area contributed by atoms with Gasteiger partial charge in [-0.25, -0.2) is 4.79 Å². The topological polar surface area (TPSA) is 92.5 Å². The Balaban J connectivity index is 2.63. The van der Waals surface area contributed by atoms with Crippen molar-refractivity contribution in [1.29, 1.82) is 0 Å². The van der Waals surface area contributed by atoms with Crippen molar-refractivity contribution >= 4 is 30.0 Å². The quantitative estimate of drug-likeness (QED) is 0.394. The first kappa shape index (κ1) is 14.1. The molecule has 1 N–H and O–H groups in total.